The summed E-state index contributed by atoms with van der Waals surface area (Å²) in [7, 11) is 0. The number of hydrogen-bond acceptors (Lipinski definition) is 0. The fraction of sp³-hybridized carbons (Fsp3) is 0.846. The van der Waals surface area contributed by atoms with Crippen molar-refractivity contribution in [1.29, 1.82) is 0 Å². The largest absolute Gasteiger partial charge is 0.0850 e. The van der Waals surface area contributed by atoms with Crippen LogP contribution in [0.4, 0.5) is 0 Å². The predicted molar refractivity (Wildman–Crippen MR) is 59.8 cm³/mol. The van der Waals surface area contributed by atoms with Crippen molar-refractivity contribution >= 4 is 0 Å². The van der Waals surface area contributed by atoms with Gasteiger partial charge in [0.25, 0.3) is 0 Å². The lowest BCUT2D eigenvalue weighted by Gasteiger charge is -2.09. The first-order chi connectivity index (χ1) is 6.26. The molecule has 13 heavy (non-hydrogen) atoms. The first kappa shape index (κ1) is 10.8. The van der Waals surface area contributed by atoms with E-state index in [1.54, 1.807) is 5.57 Å². The number of rotatable bonds is 4. The summed E-state index contributed by atoms with van der Waals surface area (Å²) < 4.78 is 0. The van der Waals surface area contributed by atoms with Crippen LogP contribution in [-0.4, -0.2) is 0 Å². The highest BCUT2D eigenvalue weighted by Crippen LogP contribution is 2.30. The normalized spacial score (nSPS) is 26.2. The van der Waals surface area contributed by atoms with Crippen LogP contribution in [0.25, 0.3) is 0 Å². The van der Waals surface area contributed by atoms with Crippen LogP contribution in [-0.2, 0) is 0 Å². The SMILES string of the molecule is CCC(CC)C/C=C1\CCC(C)C1. The lowest BCUT2D eigenvalue weighted by Crippen LogP contribution is -1.94. The maximum absolute atomic E-state index is 2.53. The Kier molecular flexibility index (Phi) is 4.55. The first-order valence-electron chi connectivity index (χ1n) is 5.94. The van der Waals surface area contributed by atoms with Gasteiger partial charge in [-0.2, -0.15) is 0 Å². The molecule has 1 unspecified atom stereocenters. The van der Waals surface area contributed by atoms with Crippen LogP contribution in [0.3, 0.4) is 0 Å². The molecule has 0 radical (unpaired) electrons. The molecule has 1 atom stereocenters. The van der Waals surface area contributed by atoms with E-state index in [4.69, 9.17) is 0 Å². The van der Waals surface area contributed by atoms with Gasteiger partial charge in [-0.3, -0.25) is 0 Å². The molecule has 0 saturated heterocycles. The van der Waals surface area contributed by atoms with Crippen LogP contribution in [0.15, 0.2) is 11.6 Å². The molecule has 1 aliphatic carbocycles. The van der Waals surface area contributed by atoms with Crippen molar-refractivity contribution < 1.29 is 0 Å². The Morgan fingerprint density at radius 1 is 1.38 bits per heavy atom. The third-order valence-corrected chi connectivity index (χ3v) is 3.46. The quantitative estimate of drug-likeness (QED) is 0.556. The number of hydrogen-bond donors (Lipinski definition) is 0. The molecule has 76 valence electrons. The van der Waals surface area contributed by atoms with Gasteiger partial charge in [-0.05, 0) is 37.5 Å². The van der Waals surface area contributed by atoms with Crippen molar-refractivity contribution in [3.05, 3.63) is 11.6 Å². The fourth-order valence-electron chi connectivity index (χ4n) is 2.22. The molecular formula is C13H24. The average Bonchev–Trinajstić information content (AvgIpc) is 2.53. The van der Waals surface area contributed by atoms with Gasteiger partial charge >= 0.3 is 0 Å². The van der Waals surface area contributed by atoms with Gasteiger partial charge in [0.2, 0.25) is 0 Å². The van der Waals surface area contributed by atoms with Crippen LogP contribution in [0.2, 0.25) is 0 Å². The molecule has 0 aromatic heterocycles. The summed E-state index contributed by atoms with van der Waals surface area (Å²) in [5.41, 5.74) is 1.74. The van der Waals surface area contributed by atoms with Crippen molar-refractivity contribution in [2.45, 2.75) is 59.3 Å². The van der Waals surface area contributed by atoms with Crippen LogP contribution >= 0.6 is 0 Å². The van der Waals surface area contributed by atoms with E-state index in [-0.39, 0.29) is 0 Å². The highest BCUT2D eigenvalue weighted by Gasteiger charge is 2.14. The second-order valence-electron chi connectivity index (χ2n) is 4.63. The molecule has 1 rings (SSSR count). The third-order valence-electron chi connectivity index (χ3n) is 3.46. The lowest BCUT2D eigenvalue weighted by molar-refractivity contribution is 0.498. The molecule has 0 aromatic rings. The molecule has 0 amide bonds. The molecular weight excluding hydrogens is 156 g/mol. The van der Waals surface area contributed by atoms with Crippen LogP contribution < -0.4 is 0 Å². The molecule has 0 aliphatic heterocycles. The van der Waals surface area contributed by atoms with E-state index in [1.807, 2.05) is 0 Å². The van der Waals surface area contributed by atoms with E-state index in [9.17, 15) is 0 Å². The average molecular weight is 180 g/mol. The molecule has 0 N–H and O–H groups in total. The first-order valence-corrected chi connectivity index (χ1v) is 5.94. The molecule has 1 aliphatic rings. The van der Waals surface area contributed by atoms with Crippen molar-refractivity contribution in [3.63, 3.8) is 0 Å². The molecule has 1 fully saturated rings. The molecule has 0 spiro atoms. The van der Waals surface area contributed by atoms with E-state index in [2.05, 4.69) is 26.8 Å². The summed E-state index contributed by atoms with van der Waals surface area (Å²) in [6.07, 6.45) is 10.7. The Bertz CT molecular complexity index is 163. The molecule has 0 heteroatoms. The van der Waals surface area contributed by atoms with E-state index < -0.39 is 0 Å². The zero-order chi connectivity index (χ0) is 9.68. The zero-order valence-corrected chi connectivity index (χ0v) is 9.47. The highest BCUT2D eigenvalue weighted by atomic mass is 14.2. The fourth-order valence-corrected chi connectivity index (χ4v) is 2.22. The van der Waals surface area contributed by atoms with Crippen molar-refractivity contribution in [2.75, 3.05) is 0 Å². The van der Waals surface area contributed by atoms with Gasteiger partial charge in [0.1, 0.15) is 0 Å². The summed E-state index contributed by atoms with van der Waals surface area (Å²) >= 11 is 0. The summed E-state index contributed by atoms with van der Waals surface area (Å²) in [4.78, 5) is 0. The van der Waals surface area contributed by atoms with Crippen LogP contribution in [0.1, 0.15) is 59.3 Å². The predicted octanol–water partition coefficient (Wildman–Crippen LogP) is 4.56. The van der Waals surface area contributed by atoms with E-state index in [1.165, 1.54) is 38.5 Å². The Morgan fingerprint density at radius 2 is 2.08 bits per heavy atom. The van der Waals surface area contributed by atoms with Gasteiger partial charge in [-0.1, -0.05) is 45.3 Å². The highest BCUT2D eigenvalue weighted by molar-refractivity contribution is 5.07. The maximum Gasteiger partial charge on any atom is -0.0294 e. The molecule has 0 nitrogen and oxygen atoms in total. The minimum Gasteiger partial charge on any atom is -0.0850 e. The topological polar surface area (TPSA) is 0 Å². The van der Waals surface area contributed by atoms with Crippen LogP contribution in [0.5, 0.6) is 0 Å². The standard InChI is InChI=1S/C13H24/c1-4-12(5-2)8-9-13-7-6-11(3)10-13/h9,11-12H,4-8,10H2,1-3H3/b13-9+. The molecule has 0 bridgehead atoms. The van der Waals surface area contributed by atoms with Gasteiger partial charge in [0.05, 0.1) is 0 Å². The monoisotopic (exact) mass is 180 g/mol. The summed E-state index contributed by atoms with van der Waals surface area (Å²) in [5.74, 6) is 1.89. The summed E-state index contributed by atoms with van der Waals surface area (Å²) in [6, 6.07) is 0. The van der Waals surface area contributed by atoms with Crippen molar-refractivity contribution in [3.8, 4) is 0 Å². The third kappa shape index (κ3) is 3.54. The second kappa shape index (κ2) is 5.47. The van der Waals surface area contributed by atoms with Crippen molar-refractivity contribution in [1.82, 2.24) is 0 Å². The minimum absolute atomic E-state index is 0.934. The van der Waals surface area contributed by atoms with Crippen molar-refractivity contribution in [2.24, 2.45) is 11.8 Å². The van der Waals surface area contributed by atoms with E-state index >= 15 is 0 Å². The minimum atomic E-state index is 0.934. The van der Waals surface area contributed by atoms with E-state index in [0.717, 1.165) is 11.8 Å². The van der Waals surface area contributed by atoms with Crippen LogP contribution in [0, 0.1) is 11.8 Å². The van der Waals surface area contributed by atoms with Gasteiger partial charge in [-0.25, -0.2) is 0 Å². The Labute approximate surface area is 83.4 Å². The Hall–Kier alpha value is -0.260. The maximum atomic E-state index is 2.53. The van der Waals surface area contributed by atoms with Gasteiger partial charge in [0, 0.05) is 0 Å². The molecule has 0 aromatic carbocycles. The van der Waals surface area contributed by atoms with Gasteiger partial charge < -0.3 is 0 Å². The van der Waals surface area contributed by atoms with Gasteiger partial charge in [0.15, 0.2) is 0 Å². The Balaban J connectivity index is 2.30. The number of allylic oxidation sites excluding steroid dienone is 2. The lowest BCUT2D eigenvalue weighted by atomic mass is 9.97. The molecule has 0 heterocycles. The Morgan fingerprint density at radius 3 is 2.54 bits per heavy atom. The summed E-state index contributed by atoms with van der Waals surface area (Å²) in [5, 5.41) is 0. The van der Waals surface area contributed by atoms with Gasteiger partial charge in [-0.15, -0.1) is 0 Å². The van der Waals surface area contributed by atoms with E-state index in [0.29, 0.717) is 0 Å². The smallest absolute Gasteiger partial charge is 0.0294 e. The molecule has 1 saturated carbocycles. The second-order valence-corrected chi connectivity index (χ2v) is 4.63. The zero-order valence-electron chi connectivity index (χ0n) is 9.47. The summed E-state index contributed by atoms with van der Waals surface area (Å²) in [6.45, 7) is 6.99.